The van der Waals surface area contributed by atoms with E-state index in [0.29, 0.717) is 35.9 Å². The molecule has 1 amide bonds. The number of hydrogen-bond acceptors (Lipinski definition) is 2. The first kappa shape index (κ1) is 17.0. The van der Waals surface area contributed by atoms with Gasteiger partial charge >= 0.3 is 0 Å². The Hall–Kier alpha value is -1.42. The highest BCUT2D eigenvalue weighted by atomic mass is 19.1. The van der Waals surface area contributed by atoms with Crippen LogP contribution in [0.1, 0.15) is 69.4 Å². The lowest BCUT2D eigenvalue weighted by Gasteiger charge is -2.30. The molecule has 0 radical (unpaired) electrons. The molecule has 0 aromatic heterocycles. The van der Waals surface area contributed by atoms with Crippen LogP contribution >= 0.6 is 0 Å². The van der Waals surface area contributed by atoms with E-state index in [1.165, 1.54) is 31.7 Å². The lowest BCUT2D eigenvalue weighted by Crippen LogP contribution is -2.40. The Kier molecular flexibility index (Phi) is 5.07. The Morgan fingerprint density at radius 2 is 1.80 bits per heavy atom. The molecule has 2 bridgehead atoms. The fourth-order valence-electron chi connectivity index (χ4n) is 5.30. The minimum absolute atomic E-state index is 0.103. The van der Waals surface area contributed by atoms with Gasteiger partial charge in [0.15, 0.2) is 0 Å². The Labute approximate surface area is 149 Å². The molecule has 3 fully saturated rings. The van der Waals surface area contributed by atoms with Crippen molar-refractivity contribution in [3.63, 3.8) is 0 Å². The molecule has 4 heteroatoms. The van der Waals surface area contributed by atoms with Crippen molar-refractivity contribution >= 4 is 5.91 Å². The van der Waals surface area contributed by atoms with Gasteiger partial charge in [0.25, 0.3) is 0 Å². The first-order valence-corrected chi connectivity index (χ1v) is 9.99. The van der Waals surface area contributed by atoms with Crippen LogP contribution in [-0.4, -0.2) is 18.0 Å². The number of carbonyl (C=O) groups is 1. The molecule has 1 saturated carbocycles. The summed E-state index contributed by atoms with van der Waals surface area (Å²) in [5, 5.41) is 6.85. The topological polar surface area (TPSA) is 41.1 Å². The number of piperidine rings is 1. The fourth-order valence-corrected chi connectivity index (χ4v) is 5.30. The van der Waals surface area contributed by atoms with Crippen molar-refractivity contribution in [1.82, 2.24) is 10.6 Å². The van der Waals surface area contributed by atoms with Gasteiger partial charge in [-0.2, -0.15) is 0 Å². The summed E-state index contributed by atoms with van der Waals surface area (Å²) in [6.45, 7) is 0. The molecule has 3 nitrogen and oxygen atoms in total. The van der Waals surface area contributed by atoms with E-state index in [-0.39, 0.29) is 17.8 Å². The monoisotopic (exact) mass is 344 g/mol. The highest BCUT2D eigenvalue weighted by molar-refractivity contribution is 5.76. The fraction of sp³-hybridized carbons (Fsp3) is 0.667. The van der Waals surface area contributed by atoms with Gasteiger partial charge in [-0.1, -0.05) is 31.0 Å². The third-order valence-electron chi connectivity index (χ3n) is 6.47. The van der Waals surface area contributed by atoms with Crippen LogP contribution in [0, 0.1) is 17.7 Å². The molecule has 1 aromatic rings. The van der Waals surface area contributed by atoms with Crippen molar-refractivity contribution in [3.8, 4) is 0 Å². The molecule has 25 heavy (non-hydrogen) atoms. The summed E-state index contributed by atoms with van der Waals surface area (Å²) in [6.07, 6.45) is 9.84. The quantitative estimate of drug-likeness (QED) is 0.844. The van der Waals surface area contributed by atoms with E-state index in [4.69, 9.17) is 0 Å². The van der Waals surface area contributed by atoms with Crippen LogP contribution in [0.15, 0.2) is 24.3 Å². The molecular formula is C21H29FN2O. The number of benzene rings is 1. The average Bonchev–Trinajstić information content (AvgIpc) is 3.23. The van der Waals surface area contributed by atoms with E-state index >= 15 is 0 Å². The SMILES string of the molecule is O=C(CC1CC2CCC(C1)N2)NC(c1ccccc1F)C1CCCC1. The number of hydrogen-bond donors (Lipinski definition) is 2. The highest BCUT2D eigenvalue weighted by Gasteiger charge is 2.35. The van der Waals surface area contributed by atoms with Gasteiger partial charge in [0, 0.05) is 24.1 Å². The van der Waals surface area contributed by atoms with Crippen molar-refractivity contribution < 1.29 is 9.18 Å². The van der Waals surface area contributed by atoms with Crippen LogP contribution < -0.4 is 10.6 Å². The molecule has 3 atom stereocenters. The summed E-state index contributed by atoms with van der Waals surface area (Å²) in [5.41, 5.74) is 0.660. The molecule has 4 rings (SSSR count). The number of halogens is 1. The molecule has 0 spiro atoms. The standard InChI is InChI=1S/C21H29FN2O/c22-19-8-4-3-7-18(19)21(15-5-1-2-6-15)24-20(25)13-14-11-16-9-10-17(12-14)23-16/h3-4,7-8,14-17,21,23H,1-2,5-6,9-13H2,(H,24,25). The summed E-state index contributed by atoms with van der Waals surface area (Å²) >= 11 is 0. The van der Waals surface area contributed by atoms with Crippen LogP contribution in [-0.2, 0) is 4.79 Å². The molecule has 1 aromatic carbocycles. The zero-order chi connectivity index (χ0) is 17.2. The summed E-state index contributed by atoms with van der Waals surface area (Å²) in [5.74, 6) is 0.750. The molecule has 2 heterocycles. The van der Waals surface area contributed by atoms with Gasteiger partial charge in [0.2, 0.25) is 5.91 Å². The lowest BCUT2D eigenvalue weighted by molar-refractivity contribution is -0.123. The summed E-state index contributed by atoms with van der Waals surface area (Å²) < 4.78 is 14.4. The molecule has 2 saturated heterocycles. The maximum Gasteiger partial charge on any atom is 0.220 e. The summed E-state index contributed by atoms with van der Waals surface area (Å²) in [4.78, 5) is 12.7. The largest absolute Gasteiger partial charge is 0.349 e. The normalized spacial score (nSPS) is 30.4. The average molecular weight is 344 g/mol. The maximum atomic E-state index is 14.4. The third-order valence-corrected chi connectivity index (χ3v) is 6.47. The molecule has 3 unspecified atom stereocenters. The first-order chi connectivity index (χ1) is 12.2. The lowest BCUT2D eigenvalue weighted by atomic mass is 9.88. The van der Waals surface area contributed by atoms with Gasteiger partial charge in [-0.25, -0.2) is 4.39 Å². The second-order valence-electron chi connectivity index (χ2n) is 8.29. The summed E-state index contributed by atoms with van der Waals surface area (Å²) in [7, 11) is 0. The van der Waals surface area contributed by atoms with Gasteiger partial charge in [0.1, 0.15) is 5.82 Å². The molecular weight excluding hydrogens is 315 g/mol. The molecule has 1 aliphatic carbocycles. The Balaban J connectivity index is 1.43. The zero-order valence-corrected chi connectivity index (χ0v) is 14.8. The van der Waals surface area contributed by atoms with Gasteiger partial charge in [-0.3, -0.25) is 4.79 Å². The van der Waals surface area contributed by atoms with Crippen molar-refractivity contribution in [2.24, 2.45) is 11.8 Å². The van der Waals surface area contributed by atoms with Crippen LogP contribution in [0.25, 0.3) is 0 Å². The van der Waals surface area contributed by atoms with Gasteiger partial charge in [0.05, 0.1) is 6.04 Å². The predicted octanol–water partition coefficient (Wildman–Crippen LogP) is 4.09. The van der Waals surface area contributed by atoms with Crippen molar-refractivity contribution in [1.29, 1.82) is 0 Å². The highest BCUT2D eigenvalue weighted by Crippen LogP contribution is 2.37. The van der Waals surface area contributed by atoms with Crippen molar-refractivity contribution in [2.45, 2.75) is 75.9 Å². The number of nitrogens with one attached hydrogen (secondary N) is 2. The van der Waals surface area contributed by atoms with Crippen LogP contribution in [0.4, 0.5) is 4.39 Å². The minimum Gasteiger partial charge on any atom is -0.349 e. The number of rotatable bonds is 5. The predicted molar refractivity (Wildman–Crippen MR) is 96.5 cm³/mol. The Morgan fingerprint density at radius 3 is 2.48 bits per heavy atom. The second kappa shape index (κ2) is 7.45. The second-order valence-corrected chi connectivity index (χ2v) is 8.29. The third kappa shape index (κ3) is 3.89. The number of fused-ring (bicyclic) bond motifs is 2. The van der Waals surface area contributed by atoms with Crippen LogP contribution in [0.2, 0.25) is 0 Å². The van der Waals surface area contributed by atoms with Gasteiger partial charge < -0.3 is 10.6 Å². The zero-order valence-electron chi connectivity index (χ0n) is 14.8. The van der Waals surface area contributed by atoms with Crippen LogP contribution in [0.5, 0.6) is 0 Å². The summed E-state index contributed by atoms with van der Waals surface area (Å²) in [6, 6.07) is 7.97. The Morgan fingerprint density at radius 1 is 1.12 bits per heavy atom. The molecule has 2 N–H and O–H groups in total. The van der Waals surface area contributed by atoms with Crippen molar-refractivity contribution in [2.75, 3.05) is 0 Å². The first-order valence-electron chi connectivity index (χ1n) is 9.99. The van der Waals surface area contributed by atoms with Crippen LogP contribution in [0.3, 0.4) is 0 Å². The molecule has 3 aliphatic rings. The number of carbonyl (C=O) groups excluding carboxylic acids is 1. The maximum absolute atomic E-state index is 14.4. The van der Waals surface area contributed by atoms with E-state index in [2.05, 4.69) is 10.6 Å². The smallest absolute Gasteiger partial charge is 0.220 e. The van der Waals surface area contributed by atoms with Gasteiger partial charge in [-0.05, 0) is 56.4 Å². The van der Waals surface area contributed by atoms with E-state index in [1.54, 1.807) is 6.07 Å². The molecule has 2 aliphatic heterocycles. The van der Waals surface area contributed by atoms with E-state index in [9.17, 15) is 9.18 Å². The molecule has 136 valence electrons. The van der Waals surface area contributed by atoms with Crippen molar-refractivity contribution in [3.05, 3.63) is 35.6 Å². The Bertz CT molecular complexity index is 602. The van der Waals surface area contributed by atoms with E-state index in [1.807, 2.05) is 12.1 Å². The number of amides is 1. The van der Waals surface area contributed by atoms with Gasteiger partial charge in [-0.15, -0.1) is 0 Å². The van der Waals surface area contributed by atoms with E-state index in [0.717, 1.165) is 25.7 Å². The minimum atomic E-state index is -0.195. The van der Waals surface area contributed by atoms with E-state index < -0.39 is 0 Å².